The summed E-state index contributed by atoms with van der Waals surface area (Å²) in [6, 6.07) is 14.9. The van der Waals surface area contributed by atoms with Crippen LogP contribution in [0, 0.1) is 0 Å². The van der Waals surface area contributed by atoms with Crippen LogP contribution in [0.4, 0.5) is 5.69 Å². The maximum absolute atomic E-state index is 12.5. The van der Waals surface area contributed by atoms with Crippen LogP contribution in [-0.4, -0.2) is 59.0 Å². The number of benzene rings is 2. The number of hydrogen-bond acceptors (Lipinski definition) is 4. The Balaban J connectivity index is 1.26. The van der Waals surface area contributed by atoms with E-state index in [-0.39, 0.29) is 18.4 Å². The highest BCUT2D eigenvalue weighted by molar-refractivity contribution is 6.30. The summed E-state index contributed by atoms with van der Waals surface area (Å²) in [5.74, 6) is -0.345. The van der Waals surface area contributed by atoms with Gasteiger partial charge in [0.25, 0.3) is 5.91 Å². The van der Waals surface area contributed by atoms with E-state index in [1.807, 2.05) is 47.2 Å². The van der Waals surface area contributed by atoms with Gasteiger partial charge in [0.05, 0.1) is 12.9 Å². The number of amides is 2. The number of hydrogen-bond donors (Lipinski definition) is 1. The fourth-order valence-corrected chi connectivity index (χ4v) is 3.64. The zero-order valence-corrected chi connectivity index (χ0v) is 17.1. The largest absolute Gasteiger partial charge is 0.368 e. The molecule has 2 heterocycles. The van der Waals surface area contributed by atoms with Gasteiger partial charge in [0.2, 0.25) is 5.91 Å². The van der Waals surface area contributed by atoms with Crippen molar-refractivity contribution in [3.63, 3.8) is 0 Å². The number of nitrogens with one attached hydrogen (secondary N) is 1. The molecule has 1 aromatic heterocycles. The summed E-state index contributed by atoms with van der Waals surface area (Å²) < 4.78 is 1.86. The van der Waals surface area contributed by atoms with Crippen molar-refractivity contribution < 1.29 is 9.59 Å². The van der Waals surface area contributed by atoms with E-state index in [9.17, 15) is 9.59 Å². The van der Waals surface area contributed by atoms with Crippen LogP contribution < -0.4 is 10.2 Å². The molecular formula is C22H22ClN5O2. The van der Waals surface area contributed by atoms with Gasteiger partial charge in [0.15, 0.2) is 0 Å². The van der Waals surface area contributed by atoms with Crippen molar-refractivity contribution in [3.05, 3.63) is 77.8 Å². The third-order valence-electron chi connectivity index (χ3n) is 5.14. The molecule has 0 aliphatic carbocycles. The summed E-state index contributed by atoms with van der Waals surface area (Å²) in [7, 11) is 0. The van der Waals surface area contributed by atoms with Gasteiger partial charge in [-0.1, -0.05) is 17.7 Å². The van der Waals surface area contributed by atoms with E-state index in [2.05, 4.69) is 15.2 Å². The molecule has 1 aliphatic rings. The first-order valence-electron chi connectivity index (χ1n) is 9.75. The van der Waals surface area contributed by atoms with Crippen LogP contribution in [0.25, 0.3) is 5.69 Å². The molecule has 4 rings (SSSR count). The van der Waals surface area contributed by atoms with E-state index < -0.39 is 0 Å². The normalized spacial score (nSPS) is 13.9. The van der Waals surface area contributed by atoms with E-state index in [1.54, 1.807) is 29.6 Å². The molecule has 0 spiro atoms. The van der Waals surface area contributed by atoms with Gasteiger partial charge in [-0.3, -0.25) is 9.59 Å². The fourth-order valence-electron chi connectivity index (χ4n) is 3.45. The van der Waals surface area contributed by atoms with E-state index in [0.29, 0.717) is 23.7 Å². The maximum Gasteiger partial charge on any atom is 0.251 e. The number of aromatic nitrogens is 2. The van der Waals surface area contributed by atoms with Crippen LogP contribution in [0.1, 0.15) is 10.4 Å². The summed E-state index contributed by atoms with van der Waals surface area (Å²) in [4.78, 5) is 32.9. The molecule has 1 saturated heterocycles. The lowest BCUT2D eigenvalue weighted by molar-refractivity contribution is -0.130. The van der Waals surface area contributed by atoms with Crippen molar-refractivity contribution in [1.82, 2.24) is 19.8 Å². The highest BCUT2D eigenvalue weighted by Crippen LogP contribution is 2.20. The maximum atomic E-state index is 12.5. The lowest BCUT2D eigenvalue weighted by Gasteiger charge is -2.36. The molecule has 30 heavy (non-hydrogen) atoms. The zero-order valence-electron chi connectivity index (χ0n) is 16.4. The Bertz CT molecular complexity index is 1010. The summed E-state index contributed by atoms with van der Waals surface area (Å²) >= 11 is 6.06. The number of anilines is 1. The number of imidazole rings is 1. The van der Waals surface area contributed by atoms with Crippen molar-refractivity contribution in [2.75, 3.05) is 37.6 Å². The minimum Gasteiger partial charge on any atom is -0.368 e. The van der Waals surface area contributed by atoms with E-state index in [4.69, 9.17) is 11.6 Å². The first-order chi connectivity index (χ1) is 14.6. The second kappa shape index (κ2) is 9.00. The summed E-state index contributed by atoms with van der Waals surface area (Å²) in [6.45, 7) is 2.67. The van der Waals surface area contributed by atoms with Gasteiger partial charge in [0, 0.05) is 60.5 Å². The van der Waals surface area contributed by atoms with Crippen molar-refractivity contribution in [1.29, 1.82) is 0 Å². The van der Waals surface area contributed by atoms with E-state index >= 15 is 0 Å². The quantitative estimate of drug-likeness (QED) is 0.684. The number of piperazine rings is 1. The van der Waals surface area contributed by atoms with Gasteiger partial charge in [0.1, 0.15) is 0 Å². The van der Waals surface area contributed by atoms with Crippen molar-refractivity contribution in [2.24, 2.45) is 0 Å². The van der Waals surface area contributed by atoms with Crippen LogP contribution >= 0.6 is 11.6 Å². The minimum absolute atomic E-state index is 0.0146. The Kier molecular flexibility index (Phi) is 5.99. The van der Waals surface area contributed by atoms with Crippen LogP contribution in [0.2, 0.25) is 5.02 Å². The molecule has 1 N–H and O–H groups in total. The van der Waals surface area contributed by atoms with Gasteiger partial charge in [-0.2, -0.15) is 0 Å². The van der Waals surface area contributed by atoms with Gasteiger partial charge < -0.3 is 19.7 Å². The standard InChI is InChI=1S/C22H22ClN5O2/c23-18-2-1-3-20(14-18)26-10-12-27(13-11-26)21(29)15-25-22(30)17-4-6-19(7-5-17)28-9-8-24-16-28/h1-9,14,16H,10-13,15H2,(H,25,30). The first kappa shape index (κ1) is 20.0. The number of halogens is 1. The number of nitrogens with zero attached hydrogens (tertiary/aromatic N) is 4. The topological polar surface area (TPSA) is 70.5 Å². The molecule has 2 aromatic carbocycles. The summed E-state index contributed by atoms with van der Waals surface area (Å²) in [6.07, 6.45) is 5.22. The molecule has 2 amide bonds. The predicted octanol–water partition coefficient (Wildman–Crippen LogP) is 2.60. The zero-order chi connectivity index (χ0) is 20.9. The molecule has 1 aliphatic heterocycles. The average Bonchev–Trinajstić information content (AvgIpc) is 3.32. The molecule has 0 saturated carbocycles. The van der Waals surface area contributed by atoms with Gasteiger partial charge in [-0.15, -0.1) is 0 Å². The smallest absolute Gasteiger partial charge is 0.251 e. The van der Waals surface area contributed by atoms with Crippen LogP contribution in [0.5, 0.6) is 0 Å². The van der Waals surface area contributed by atoms with Gasteiger partial charge in [-0.05, 0) is 42.5 Å². The van der Waals surface area contributed by atoms with Crippen LogP contribution in [0.15, 0.2) is 67.3 Å². The molecule has 0 atom stereocenters. The molecule has 3 aromatic rings. The average molecular weight is 424 g/mol. The van der Waals surface area contributed by atoms with Gasteiger partial charge in [-0.25, -0.2) is 4.98 Å². The third kappa shape index (κ3) is 4.63. The molecular weight excluding hydrogens is 402 g/mol. The van der Waals surface area contributed by atoms with E-state index in [0.717, 1.165) is 24.5 Å². The van der Waals surface area contributed by atoms with Crippen LogP contribution in [-0.2, 0) is 4.79 Å². The number of carbonyl (C=O) groups is 2. The highest BCUT2D eigenvalue weighted by atomic mass is 35.5. The monoisotopic (exact) mass is 423 g/mol. The lowest BCUT2D eigenvalue weighted by Crippen LogP contribution is -2.51. The summed E-state index contributed by atoms with van der Waals surface area (Å²) in [5, 5.41) is 3.42. The molecule has 154 valence electrons. The summed E-state index contributed by atoms with van der Waals surface area (Å²) in [5.41, 5.74) is 2.48. The number of carbonyl (C=O) groups excluding carboxylic acids is 2. The predicted molar refractivity (Wildman–Crippen MR) is 116 cm³/mol. The molecule has 0 radical (unpaired) electrons. The highest BCUT2D eigenvalue weighted by Gasteiger charge is 2.21. The third-order valence-corrected chi connectivity index (χ3v) is 5.37. The SMILES string of the molecule is O=C(NCC(=O)N1CCN(c2cccc(Cl)c2)CC1)c1ccc(-n2ccnc2)cc1. The Morgan fingerprint density at radius 2 is 1.77 bits per heavy atom. The molecule has 0 unspecified atom stereocenters. The second-order valence-corrected chi connectivity index (χ2v) is 7.48. The van der Waals surface area contributed by atoms with Crippen LogP contribution in [0.3, 0.4) is 0 Å². The number of rotatable bonds is 5. The Morgan fingerprint density at radius 3 is 2.43 bits per heavy atom. The second-order valence-electron chi connectivity index (χ2n) is 7.05. The molecule has 0 bridgehead atoms. The first-order valence-corrected chi connectivity index (χ1v) is 10.1. The van der Waals surface area contributed by atoms with E-state index in [1.165, 1.54) is 0 Å². The van der Waals surface area contributed by atoms with Crippen molar-refractivity contribution in [2.45, 2.75) is 0 Å². The lowest BCUT2D eigenvalue weighted by atomic mass is 10.2. The molecule has 7 nitrogen and oxygen atoms in total. The minimum atomic E-state index is -0.266. The molecule has 8 heteroatoms. The Hall–Kier alpha value is -3.32. The van der Waals surface area contributed by atoms with Crippen molar-refractivity contribution in [3.8, 4) is 5.69 Å². The molecule has 1 fully saturated rings. The Morgan fingerprint density at radius 1 is 1.00 bits per heavy atom. The van der Waals surface area contributed by atoms with Crippen molar-refractivity contribution >= 4 is 29.1 Å². The van der Waals surface area contributed by atoms with Gasteiger partial charge >= 0.3 is 0 Å². The fraction of sp³-hybridized carbons (Fsp3) is 0.227. The Labute approximate surface area is 179 Å².